The van der Waals surface area contributed by atoms with Gasteiger partial charge in [-0.25, -0.2) is 9.48 Å². The van der Waals surface area contributed by atoms with Crippen LogP contribution in [0.15, 0.2) is 79.0 Å². The smallest absolute Gasteiger partial charge is 0.335 e. The lowest BCUT2D eigenvalue weighted by Crippen LogP contribution is -2.65. The van der Waals surface area contributed by atoms with Crippen molar-refractivity contribution in [2.45, 2.75) is 81.2 Å². The predicted octanol–water partition coefficient (Wildman–Crippen LogP) is -0.303. The summed E-state index contributed by atoms with van der Waals surface area (Å²) in [5.74, 6) is 1.50. The molecule has 0 spiro atoms. The molecule has 0 bridgehead atoms. The third-order valence-electron chi connectivity index (χ3n) is 10.4. The molecule has 0 unspecified atom stereocenters. The first-order valence-corrected chi connectivity index (χ1v) is 20.9. The largest absolute Gasteiger partial charge is 0.487 e. The van der Waals surface area contributed by atoms with E-state index in [1.165, 1.54) is 18.2 Å². The number of carbonyl (C=O) groups is 2. The number of ether oxygens (including phenoxy) is 9. The molecule has 356 valence electrons. The first kappa shape index (κ1) is 50.0. The fourth-order valence-corrected chi connectivity index (χ4v) is 6.94. The highest BCUT2D eigenvalue weighted by atomic mass is 16.7. The van der Waals surface area contributed by atoms with Crippen LogP contribution < -0.4 is 9.47 Å². The van der Waals surface area contributed by atoms with Crippen molar-refractivity contribution in [1.29, 1.82) is 0 Å². The van der Waals surface area contributed by atoms with Gasteiger partial charge in [0, 0.05) is 17.2 Å². The summed E-state index contributed by atoms with van der Waals surface area (Å²) >= 11 is 0. The minimum atomic E-state index is -1.71. The van der Waals surface area contributed by atoms with Crippen LogP contribution in [0.4, 0.5) is 0 Å². The van der Waals surface area contributed by atoms with Crippen molar-refractivity contribution in [2.24, 2.45) is 0 Å². The van der Waals surface area contributed by atoms with E-state index in [9.17, 15) is 45.3 Å². The molecular weight excluding hydrogens is 870 g/mol. The number of rotatable bonds is 25. The number of hydrogen-bond acceptors (Lipinski definition) is 19. The van der Waals surface area contributed by atoms with E-state index in [2.05, 4.69) is 16.2 Å². The lowest BCUT2D eigenvalue weighted by atomic mass is 9.96. The molecule has 7 N–H and O–H groups in total. The summed E-state index contributed by atoms with van der Waals surface area (Å²) in [7, 11) is 0. The highest BCUT2D eigenvalue weighted by Gasteiger charge is 2.51. The number of hydrogen-bond donors (Lipinski definition) is 7. The summed E-state index contributed by atoms with van der Waals surface area (Å²) in [5, 5.41) is 81.6. The summed E-state index contributed by atoms with van der Waals surface area (Å²) in [5.41, 5.74) is 2.06. The number of carbonyl (C=O) groups excluding carboxylic acids is 1. The summed E-state index contributed by atoms with van der Waals surface area (Å²) in [6.45, 7) is -0.483. The zero-order valence-corrected chi connectivity index (χ0v) is 35.6. The number of carboxylic acid groups (broad SMARTS) is 1. The van der Waals surface area contributed by atoms with Crippen LogP contribution in [0.5, 0.6) is 11.5 Å². The number of nitrogens with zero attached hydrogens (tertiary/aromatic N) is 3. The lowest BCUT2D eigenvalue weighted by molar-refractivity contribution is -0.362. The molecule has 6 rings (SSSR count). The van der Waals surface area contributed by atoms with Crippen LogP contribution in [0.25, 0.3) is 0 Å². The Labute approximate surface area is 378 Å². The molecule has 66 heavy (non-hydrogen) atoms. The number of ketones is 1. The SMILES string of the molecule is C#CCOc1cc(OCc2cn(CCOCCOCCO[C@@H]3O[C@H](CO)[C@@H](O[C@@H]4O[C@H](CO)[C@H](O)[C@H](OCc5ccc(C(=O)c6ccccc6)cc5)[C@H]4O)[C@H](O)[C@H]3O)nn2)cc(C(=O)O)c1. The van der Waals surface area contributed by atoms with E-state index < -0.39 is 80.6 Å². The minimum Gasteiger partial charge on any atom is -0.487 e. The van der Waals surface area contributed by atoms with Gasteiger partial charge < -0.3 is 78.4 Å². The molecule has 21 heteroatoms. The van der Waals surface area contributed by atoms with Gasteiger partial charge >= 0.3 is 5.97 Å². The predicted molar refractivity (Wildman–Crippen MR) is 225 cm³/mol. The average Bonchev–Trinajstić information content (AvgIpc) is 3.80. The molecule has 0 amide bonds. The highest BCUT2D eigenvalue weighted by molar-refractivity contribution is 6.08. The number of aromatic nitrogens is 3. The van der Waals surface area contributed by atoms with Crippen LogP contribution in [-0.2, 0) is 52.9 Å². The van der Waals surface area contributed by atoms with E-state index in [4.69, 9.17) is 49.1 Å². The highest BCUT2D eigenvalue weighted by Crippen LogP contribution is 2.31. The molecule has 0 saturated carbocycles. The van der Waals surface area contributed by atoms with Gasteiger partial charge in [0.1, 0.15) is 79.2 Å². The molecular formula is C45H53N3O18. The Morgan fingerprint density at radius 1 is 0.697 bits per heavy atom. The quantitative estimate of drug-likeness (QED) is 0.0255. The molecule has 3 aromatic carbocycles. The van der Waals surface area contributed by atoms with Gasteiger partial charge in [0.2, 0.25) is 0 Å². The van der Waals surface area contributed by atoms with E-state index in [1.807, 2.05) is 6.07 Å². The van der Waals surface area contributed by atoms with Gasteiger partial charge in [-0.05, 0) is 17.7 Å². The fourth-order valence-electron chi connectivity index (χ4n) is 6.94. The van der Waals surface area contributed by atoms with Gasteiger partial charge in [0.05, 0.1) is 71.2 Å². The first-order chi connectivity index (χ1) is 32.0. The number of terminal acetylenes is 1. The molecule has 2 aliphatic heterocycles. The second-order valence-corrected chi connectivity index (χ2v) is 15.0. The second kappa shape index (κ2) is 24.9. The Bertz CT molecular complexity index is 2170. The van der Waals surface area contributed by atoms with E-state index in [0.29, 0.717) is 28.9 Å². The number of aromatic carboxylic acids is 1. The van der Waals surface area contributed by atoms with Gasteiger partial charge in [0.25, 0.3) is 0 Å². The third-order valence-corrected chi connectivity index (χ3v) is 10.4. The van der Waals surface area contributed by atoms with Crippen LogP contribution in [0.1, 0.15) is 37.5 Å². The number of benzene rings is 3. The van der Waals surface area contributed by atoms with Crippen LogP contribution in [0.2, 0.25) is 0 Å². The molecule has 10 atom stereocenters. The van der Waals surface area contributed by atoms with Gasteiger partial charge in [-0.2, -0.15) is 0 Å². The normalized spacial score (nSPS) is 25.2. The molecule has 2 aliphatic rings. The van der Waals surface area contributed by atoms with Crippen molar-refractivity contribution in [2.75, 3.05) is 52.9 Å². The maximum Gasteiger partial charge on any atom is 0.335 e. The van der Waals surface area contributed by atoms with Crippen molar-refractivity contribution in [3.63, 3.8) is 0 Å². The third kappa shape index (κ3) is 13.6. The Morgan fingerprint density at radius 2 is 1.36 bits per heavy atom. The first-order valence-electron chi connectivity index (χ1n) is 20.9. The molecule has 4 aromatic rings. The summed E-state index contributed by atoms with van der Waals surface area (Å²) in [6, 6.07) is 19.6. The molecule has 0 radical (unpaired) electrons. The summed E-state index contributed by atoms with van der Waals surface area (Å²) in [6.07, 6.45) is -8.06. The number of aliphatic hydroxyl groups excluding tert-OH is 6. The average molecular weight is 924 g/mol. The fraction of sp³-hybridized carbons (Fsp3) is 0.467. The van der Waals surface area contributed by atoms with Crippen LogP contribution in [0, 0.1) is 12.3 Å². The minimum absolute atomic E-state index is 0.0133. The summed E-state index contributed by atoms with van der Waals surface area (Å²) in [4.78, 5) is 24.3. The van der Waals surface area contributed by atoms with Gasteiger partial charge in [-0.15, -0.1) is 11.5 Å². The van der Waals surface area contributed by atoms with E-state index in [1.54, 1.807) is 59.4 Å². The van der Waals surface area contributed by atoms with Crippen molar-refractivity contribution >= 4 is 11.8 Å². The Kier molecular flexibility index (Phi) is 18.9. The molecule has 2 saturated heterocycles. The lowest BCUT2D eigenvalue weighted by Gasteiger charge is -2.46. The van der Waals surface area contributed by atoms with Crippen molar-refractivity contribution in [3.8, 4) is 23.8 Å². The number of carboxylic acids is 1. The maximum atomic E-state index is 12.8. The van der Waals surface area contributed by atoms with Crippen molar-refractivity contribution in [3.05, 3.63) is 107 Å². The molecule has 3 heterocycles. The van der Waals surface area contributed by atoms with E-state index in [-0.39, 0.29) is 75.7 Å². The Balaban J connectivity index is 0.884. The molecule has 21 nitrogen and oxygen atoms in total. The van der Waals surface area contributed by atoms with Crippen molar-refractivity contribution < 1.29 is 88.0 Å². The molecule has 2 fully saturated rings. The second-order valence-electron chi connectivity index (χ2n) is 15.0. The van der Waals surface area contributed by atoms with E-state index in [0.717, 1.165) is 0 Å². The molecule has 1 aromatic heterocycles. The van der Waals surface area contributed by atoms with Crippen LogP contribution >= 0.6 is 0 Å². The van der Waals surface area contributed by atoms with Gasteiger partial charge in [-0.3, -0.25) is 4.79 Å². The van der Waals surface area contributed by atoms with Gasteiger partial charge in [-0.1, -0.05) is 65.7 Å². The van der Waals surface area contributed by atoms with Crippen LogP contribution in [-0.4, -0.2) is 177 Å². The van der Waals surface area contributed by atoms with E-state index >= 15 is 0 Å². The van der Waals surface area contributed by atoms with Crippen LogP contribution in [0.3, 0.4) is 0 Å². The number of aliphatic hydroxyl groups is 6. The standard InChI is InChI=1S/C45H53N3O18/c1-2-13-60-32-19-30(43(56)57)20-33(21-32)62-26-31-22-48(47-46-31)12-14-58-15-16-59-17-18-61-44-39(54)38(53)41(35(24-50)65-44)66-45-40(55)42(37(52)34(23-49)64-45)63-25-27-8-10-29(11-9-27)36(51)28-6-4-3-5-7-28/h1,3-11,19-22,34-35,37-42,44-45,49-50,52-55H,12-18,23-26H2,(H,56,57)/t34-,35-,37+,38-,39-,40-,41-,42+,44-,45+/m1/s1. The summed E-state index contributed by atoms with van der Waals surface area (Å²) < 4.78 is 52.4. The van der Waals surface area contributed by atoms with Crippen molar-refractivity contribution in [1.82, 2.24) is 15.0 Å². The van der Waals surface area contributed by atoms with Gasteiger partial charge in [0.15, 0.2) is 18.4 Å². The zero-order valence-electron chi connectivity index (χ0n) is 35.6. The maximum absolute atomic E-state index is 12.8. The topological polar surface area (TPSA) is 290 Å². The monoisotopic (exact) mass is 923 g/mol. The Morgan fingerprint density at radius 3 is 2.06 bits per heavy atom. The Hall–Kier alpha value is -5.42. The zero-order chi connectivity index (χ0) is 47.0. The molecule has 0 aliphatic carbocycles.